The van der Waals surface area contributed by atoms with Gasteiger partial charge in [-0.15, -0.1) is 0 Å². The molecule has 0 radical (unpaired) electrons. The molecule has 1 unspecified atom stereocenters. The molecule has 0 saturated heterocycles. The third kappa shape index (κ3) is 2.74. The van der Waals surface area contributed by atoms with Crippen LogP contribution in [0.15, 0.2) is 66.7 Å². The van der Waals surface area contributed by atoms with E-state index in [0.29, 0.717) is 22.3 Å². The molecule has 30 heavy (non-hydrogen) atoms. The molecule has 5 rings (SSSR count). The van der Waals surface area contributed by atoms with Gasteiger partial charge in [0, 0.05) is 5.69 Å². The van der Waals surface area contributed by atoms with E-state index in [1.54, 1.807) is 17.0 Å². The van der Waals surface area contributed by atoms with Gasteiger partial charge in [-0.25, -0.2) is 4.79 Å². The van der Waals surface area contributed by atoms with Crippen molar-refractivity contribution in [3.8, 4) is 11.8 Å². The number of hydrogen-bond acceptors (Lipinski definition) is 5. The summed E-state index contributed by atoms with van der Waals surface area (Å²) in [4.78, 5) is 33.0. The Morgan fingerprint density at radius 1 is 1.10 bits per heavy atom. The molecule has 1 aliphatic rings. The van der Waals surface area contributed by atoms with Crippen LogP contribution in [0.5, 0.6) is 11.8 Å². The van der Waals surface area contributed by atoms with Crippen LogP contribution in [0.2, 0.25) is 0 Å². The molecule has 148 valence electrons. The second kappa shape index (κ2) is 6.63. The van der Waals surface area contributed by atoms with E-state index < -0.39 is 12.1 Å². The number of phenolic OH excluding ortho intramolecular Hbond substituents is 1. The number of aromatic hydroxyl groups is 1. The van der Waals surface area contributed by atoms with Crippen molar-refractivity contribution in [2.24, 2.45) is 5.73 Å². The van der Waals surface area contributed by atoms with E-state index in [0.717, 1.165) is 5.56 Å². The maximum Gasteiger partial charge on any atom is 0.412 e. The molecule has 1 atom stereocenters. The number of fused-ring (bicyclic) bond motifs is 2. The van der Waals surface area contributed by atoms with Crippen LogP contribution in [0, 0.1) is 0 Å². The molecule has 0 spiro atoms. The van der Waals surface area contributed by atoms with E-state index in [4.69, 9.17) is 10.5 Å². The summed E-state index contributed by atoms with van der Waals surface area (Å²) in [6.07, 6.45) is -0.963. The number of rotatable bonds is 3. The third-order valence-electron chi connectivity index (χ3n) is 5.09. The second-order valence-electron chi connectivity index (χ2n) is 6.89. The highest BCUT2D eigenvalue weighted by Crippen LogP contribution is 2.44. The van der Waals surface area contributed by atoms with Gasteiger partial charge in [-0.2, -0.15) is 4.98 Å². The molecule has 1 aromatic heterocycles. The van der Waals surface area contributed by atoms with Crippen LogP contribution in [0.25, 0.3) is 11.0 Å². The van der Waals surface area contributed by atoms with E-state index in [2.05, 4.69) is 9.97 Å². The van der Waals surface area contributed by atoms with Crippen molar-refractivity contribution in [1.29, 1.82) is 0 Å². The zero-order chi connectivity index (χ0) is 20.8. The number of amides is 2. The van der Waals surface area contributed by atoms with Crippen LogP contribution < -0.4 is 15.4 Å². The van der Waals surface area contributed by atoms with Gasteiger partial charge < -0.3 is 20.6 Å². The van der Waals surface area contributed by atoms with Gasteiger partial charge in [0.25, 0.3) is 5.91 Å². The van der Waals surface area contributed by atoms with E-state index in [-0.39, 0.29) is 23.2 Å². The Morgan fingerprint density at radius 3 is 2.67 bits per heavy atom. The molecule has 2 amide bonds. The zero-order valence-electron chi connectivity index (χ0n) is 15.6. The van der Waals surface area contributed by atoms with Crippen molar-refractivity contribution in [2.45, 2.75) is 6.04 Å². The fraction of sp³-hybridized carbons (Fsp3) is 0.0455. The lowest BCUT2D eigenvalue weighted by atomic mass is 9.97. The number of aromatic nitrogens is 2. The molecule has 8 nitrogen and oxygen atoms in total. The van der Waals surface area contributed by atoms with Crippen molar-refractivity contribution >= 4 is 28.7 Å². The fourth-order valence-electron chi connectivity index (χ4n) is 3.90. The molecule has 1 aliphatic heterocycles. The predicted molar refractivity (Wildman–Crippen MR) is 110 cm³/mol. The highest BCUT2D eigenvalue weighted by Gasteiger charge is 2.40. The summed E-state index contributed by atoms with van der Waals surface area (Å²) in [6, 6.07) is 19.3. The normalized spacial score (nSPS) is 15.4. The Hall–Kier alpha value is -4.33. The van der Waals surface area contributed by atoms with Crippen LogP contribution in [-0.4, -0.2) is 27.1 Å². The molecule has 3 aromatic carbocycles. The monoisotopic (exact) mass is 400 g/mol. The third-order valence-corrected chi connectivity index (χ3v) is 5.09. The number of imidazole rings is 1. The van der Waals surface area contributed by atoms with Gasteiger partial charge in [-0.3, -0.25) is 9.69 Å². The number of H-pyrrole nitrogens is 1. The van der Waals surface area contributed by atoms with Crippen molar-refractivity contribution < 1.29 is 19.4 Å². The Kier molecular flexibility index (Phi) is 3.92. The Morgan fingerprint density at radius 2 is 1.90 bits per heavy atom. The Bertz CT molecular complexity index is 1300. The van der Waals surface area contributed by atoms with Gasteiger partial charge in [-0.05, 0) is 41.5 Å². The number of para-hydroxylation sites is 1. The highest BCUT2D eigenvalue weighted by atomic mass is 16.6. The average Bonchev–Trinajstić information content (AvgIpc) is 3.26. The SMILES string of the molecule is NC(=O)Oc1nc2ccc(C3c4cccc(O)c4C(=O)N3c3ccccc3)cc2[nH]1. The lowest BCUT2D eigenvalue weighted by molar-refractivity contribution is 0.0991. The highest BCUT2D eigenvalue weighted by molar-refractivity contribution is 6.13. The molecule has 0 bridgehead atoms. The quantitative estimate of drug-likeness (QED) is 0.486. The van der Waals surface area contributed by atoms with E-state index in [9.17, 15) is 14.7 Å². The van der Waals surface area contributed by atoms with Gasteiger partial charge in [0.1, 0.15) is 5.75 Å². The first-order valence-electron chi connectivity index (χ1n) is 9.20. The number of phenols is 1. The lowest BCUT2D eigenvalue weighted by Gasteiger charge is -2.26. The summed E-state index contributed by atoms with van der Waals surface area (Å²) in [7, 11) is 0. The molecule has 2 heterocycles. The van der Waals surface area contributed by atoms with Crippen LogP contribution >= 0.6 is 0 Å². The molecule has 0 aliphatic carbocycles. The number of benzene rings is 3. The van der Waals surface area contributed by atoms with Crippen molar-refractivity contribution in [1.82, 2.24) is 9.97 Å². The summed E-state index contributed by atoms with van der Waals surface area (Å²) in [6.45, 7) is 0. The molecule has 4 aromatic rings. The topological polar surface area (TPSA) is 122 Å². The molecular formula is C22H16N4O4. The number of ether oxygens (including phenoxy) is 1. The molecule has 0 saturated carbocycles. The van der Waals surface area contributed by atoms with Crippen LogP contribution in [0.4, 0.5) is 10.5 Å². The zero-order valence-corrected chi connectivity index (χ0v) is 15.6. The van der Waals surface area contributed by atoms with Crippen molar-refractivity contribution in [3.63, 3.8) is 0 Å². The summed E-state index contributed by atoms with van der Waals surface area (Å²) in [5.41, 5.74) is 8.77. The number of primary amides is 1. The lowest BCUT2D eigenvalue weighted by Crippen LogP contribution is -2.28. The van der Waals surface area contributed by atoms with E-state index in [1.165, 1.54) is 6.07 Å². The maximum absolute atomic E-state index is 13.3. The van der Waals surface area contributed by atoms with Crippen molar-refractivity contribution in [3.05, 3.63) is 83.4 Å². The predicted octanol–water partition coefficient (Wildman–Crippen LogP) is 3.48. The number of hydrogen-bond donors (Lipinski definition) is 3. The number of anilines is 1. The molecule has 0 fully saturated rings. The molecular weight excluding hydrogens is 384 g/mol. The first kappa shape index (κ1) is 17.7. The molecule has 4 N–H and O–H groups in total. The summed E-state index contributed by atoms with van der Waals surface area (Å²) >= 11 is 0. The first-order chi connectivity index (χ1) is 14.5. The first-order valence-corrected chi connectivity index (χ1v) is 9.20. The standard InChI is InChI=1S/C22H16N4O4/c23-21(29)30-22-24-15-10-9-12(11-16(15)25-22)19-14-7-4-8-17(27)18(14)20(28)26(19)13-5-2-1-3-6-13/h1-11,19,27H,(H2,23,29)(H,24,25). The largest absolute Gasteiger partial charge is 0.507 e. The van der Waals surface area contributed by atoms with Crippen LogP contribution in [-0.2, 0) is 0 Å². The number of nitrogens with zero attached hydrogens (tertiary/aromatic N) is 2. The van der Waals surface area contributed by atoms with Crippen molar-refractivity contribution in [2.75, 3.05) is 4.90 Å². The van der Waals surface area contributed by atoms with Gasteiger partial charge in [-0.1, -0.05) is 36.4 Å². The number of nitrogens with one attached hydrogen (secondary N) is 1. The molecule has 8 heteroatoms. The minimum atomic E-state index is -0.963. The number of carbonyl (C=O) groups excluding carboxylic acids is 2. The summed E-state index contributed by atoms with van der Waals surface area (Å²) < 4.78 is 4.82. The van der Waals surface area contributed by atoms with Gasteiger partial charge in [0.2, 0.25) is 0 Å². The second-order valence-corrected chi connectivity index (χ2v) is 6.89. The van der Waals surface area contributed by atoms with Gasteiger partial charge in [0.05, 0.1) is 22.6 Å². The smallest absolute Gasteiger partial charge is 0.412 e. The van der Waals surface area contributed by atoms with E-state index >= 15 is 0 Å². The van der Waals surface area contributed by atoms with Crippen LogP contribution in [0.1, 0.15) is 27.5 Å². The minimum absolute atomic E-state index is 0.00453. The summed E-state index contributed by atoms with van der Waals surface area (Å²) in [5.74, 6) is -0.331. The van der Waals surface area contributed by atoms with Gasteiger partial charge in [0.15, 0.2) is 0 Å². The number of aromatic amines is 1. The average molecular weight is 400 g/mol. The summed E-state index contributed by atoms with van der Waals surface area (Å²) in [5, 5.41) is 10.4. The minimum Gasteiger partial charge on any atom is -0.507 e. The van der Waals surface area contributed by atoms with Gasteiger partial charge >= 0.3 is 12.1 Å². The maximum atomic E-state index is 13.3. The Labute approximate surface area is 170 Å². The van der Waals surface area contributed by atoms with Crippen LogP contribution in [0.3, 0.4) is 0 Å². The Balaban J connectivity index is 1.67. The number of nitrogens with two attached hydrogens (primary N) is 1. The number of carbonyl (C=O) groups is 2. The van der Waals surface area contributed by atoms with E-state index in [1.807, 2.05) is 48.5 Å². The fourth-order valence-corrected chi connectivity index (χ4v) is 3.90.